The highest BCUT2D eigenvalue weighted by molar-refractivity contribution is 6.06. The second-order valence-electron chi connectivity index (χ2n) is 24.5. The average molecular weight is 970 g/mol. The molecular formula is C51H81N6O12. The number of hydroxylamine groups is 6. The molecule has 0 saturated carbocycles. The molecule has 3 aliphatic rings. The predicted molar refractivity (Wildman–Crippen MR) is 254 cm³/mol. The van der Waals surface area contributed by atoms with Crippen molar-refractivity contribution in [3.8, 4) is 0 Å². The van der Waals surface area contributed by atoms with E-state index in [9.17, 15) is 44.4 Å². The third-order valence-corrected chi connectivity index (χ3v) is 13.9. The minimum atomic E-state index is -1.18. The maximum Gasteiger partial charge on any atom is 0.329 e. The maximum atomic E-state index is 14.3. The van der Waals surface area contributed by atoms with Crippen LogP contribution in [0.1, 0.15) is 194 Å². The Morgan fingerprint density at radius 2 is 0.580 bits per heavy atom. The van der Waals surface area contributed by atoms with E-state index in [0.717, 1.165) is 15.2 Å². The van der Waals surface area contributed by atoms with E-state index >= 15 is 0 Å². The van der Waals surface area contributed by atoms with E-state index in [4.69, 9.17) is 14.2 Å². The minimum absolute atomic E-state index is 0.191. The Morgan fingerprint density at radius 1 is 0.406 bits per heavy atom. The number of hydrogen-bond donors (Lipinski definition) is 3. The van der Waals surface area contributed by atoms with Gasteiger partial charge in [0.15, 0.2) is 0 Å². The van der Waals surface area contributed by atoms with Gasteiger partial charge in [-0.2, -0.15) is 0 Å². The number of rotatable bonds is 15. The summed E-state index contributed by atoms with van der Waals surface area (Å²) in [6, 6.07) is 0.146. The fourth-order valence-electron chi connectivity index (χ4n) is 10.7. The van der Waals surface area contributed by atoms with Gasteiger partial charge < -0.3 is 30.2 Å². The molecule has 3 aliphatic heterocycles. The lowest BCUT2D eigenvalue weighted by Crippen LogP contribution is -2.60. The van der Waals surface area contributed by atoms with Crippen LogP contribution in [0.5, 0.6) is 0 Å². The molecule has 18 heteroatoms. The zero-order chi connectivity index (χ0) is 52.7. The summed E-state index contributed by atoms with van der Waals surface area (Å²) in [5, 5.41) is 50.3. The van der Waals surface area contributed by atoms with Crippen molar-refractivity contribution in [2.75, 3.05) is 0 Å². The molecule has 0 aliphatic carbocycles. The Morgan fingerprint density at radius 3 is 0.739 bits per heavy atom. The second-order valence-corrected chi connectivity index (χ2v) is 24.5. The van der Waals surface area contributed by atoms with Gasteiger partial charge in [0, 0.05) is 88.4 Å². The standard InChI is InChI=1S/C51H81N6O12/c1-28(2)37(43(61)67-34-22-46(7,8)55(64)47(9,10)23-34)52-40(58)31-19-32(41(59)53-38(29(3)4)44(62)68-35-24-48(11,12)56(65)49(13,14)25-35)21-33(20-31)42(60)54-39(30(5)6)45(63)69-36-26-50(15,16)57(66)51(17,18)27-36/h19-21,28-30,34-39H,22-27H2,1-18H3,(H,52,58)(H,53,59)(H,54,60). The number of nitrogens with one attached hydrogen (secondary N) is 3. The zero-order valence-electron chi connectivity index (χ0n) is 44.4. The van der Waals surface area contributed by atoms with E-state index in [1.165, 1.54) is 18.2 Å². The van der Waals surface area contributed by atoms with Crippen molar-refractivity contribution in [1.82, 2.24) is 31.1 Å². The lowest BCUT2D eigenvalue weighted by molar-refractivity contribution is -0.299. The van der Waals surface area contributed by atoms with Crippen LogP contribution in [0.2, 0.25) is 0 Å². The molecule has 1 aromatic carbocycles. The highest BCUT2D eigenvalue weighted by atomic mass is 16.6. The normalized spacial score (nSPS) is 23.1. The summed E-state index contributed by atoms with van der Waals surface area (Å²) in [6.07, 6.45) is -0.276. The Kier molecular flexibility index (Phi) is 17.4. The number of nitrogens with zero attached hydrogens (tertiary/aromatic N) is 3. The molecule has 0 spiro atoms. The SMILES string of the molecule is CC(C)C(NC(=O)c1cc(C(=O)NC(C(=O)OC2CC(C)(C)N([O])C(C)(C)C2)C(C)C)cc(C(=O)NC(C(=O)OC2CC(C)(C)N([O])C(C)(C)C2)C(C)C)c1)C(=O)OC1CC(C)(C)N([O])C(C)(C)C1. The monoisotopic (exact) mass is 970 g/mol. The molecule has 18 nitrogen and oxygen atoms in total. The Hall–Kier alpha value is -4.20. The van der Waals surface area contributed by atoms with E-state index in [2.05, 4.69) is 16.0 Å². The summed E-state index contributed by atoms with van der Waals surface area (Å²) < 4.78 is 17.9. The molecular weight excluding hydrogens is 889 g/mol. The third-order valence-electron chi connectivity index (χ3n) is 13.9. The number of carbonyl (C=O) groups excluding carboxylic acids is 6. The molecule has 3 amide bonds. The number of hydrogen-bond acceptors (Lipinski definition) is 12. The highest BCUT2D eigenvalue weighted by Gasteiger charge is 2.51. The molecule has 387 valence electrons. The molecule has 3 atom stereocenters. The van der Waals surface area contributed by atoms with Gasteiger partial charge in [-0.1, -0.05) is 41.5 Å². The molecule has 3 unspecified atom stereocenters. The first-order valence-corrected chi connectivity index (χ1v) is 24.4. The molecule has 3 saturated heterocycles. The summed E-state index contributed by atoms with van der Waals surface area (Å²) in [4.78, 5) is 84.5. The largest absolute Gasteiger partial charge is 0.461 e. The van der Waals surface area contributed by atoms with Gasteiger partial charge in [-0.15, -0.1) is 30.8 Å². The topological polar surface area (TPSA) is 236 Å². The third kappa shape index (κ3) is 13.6. The minimum Gasteiger partial charge on any atom is -0.461 e. The van der Waals surface area contributed by atoms with Crippen LogP contribution in [0.15, 0.2) is 18.2 Å². The van der Waals surface area contributed by atoms with Crippen LogP contribution in [0, 0.1) is 17.8 Å². The van der Waals surface area contributed by atoms with Crippen LogP contribution >= 0.6 is 0 Å². The molecule has 0 bridgehead atoms. The first-order chi connectivity index (χ1) is 31.3. The van der Waals surface area contributed by atoms with Crippen molar-refractivity contribution in [2.24, 2.45) is 17.8 Å². The van der Waals surface area contributed by atoms with Crippen molar-refractivity contribution in [1.29, 1.82) is 0 Å². The van der Waals surface area contributed by atoms with Gasteiger partial charge in [-0.3, -0.25) is 14.4 Å². The lowest BCUT2D eigenvalue weighted by atomic mass is 9.80. The van der Waals surface area contributed by atoms with E-state index in [0.29, 0.717) is 0 Å². The predicted octanol–water partition coefficient (Wildman–Crippen LogP) is 6.68. The summed E-state index contributed by atoms with van der Waals surface area (Å²) >= 11 is 0. The molecule has 3 radical (unpaired) electrons. The van der Waals surface area contributed by atoms with Gasteiger partial charge in [0.2, 0.25) is 0 Å². The van der Waals surface area contributed by atoms with Crippen LogP contribution in [0.25, 0.3) is 0 Å². The summed E-state index contributed by atoms with van der Waals surface area (Å²) in [5.74, 6) is -6.10. The van der Waals surface area contributed by atoms with E-state index < -0.39 is 123 Å². The Labute approximate surface area is 409 Å². The molecule has 3 fully saturated rings. The Balaban J connectivity index is 1.67. The molecule has 4 rings (SSSR count). The molecule has 3 N–H and O–H groups in total. The van der Waals surface area contributed by atoms with Crippen molar-refractivity contribution in [3.05, 3.63) is 34.9 Å². The lowest BCUT2D eigenvalue weighted by Gasteiger charge is -2.49. The summed E-state index contributed by atoms with van der Waals surface area (Å²) in [5.41, 5.74) is -5.55. The van der Waals surface area contributed by atoms with Crippen LogP contribution in [0.3, 0.4) is 0 Å². The molecule has 69 heavy (non-hydrogen) atoms. The van der Waals surface area contributed by atoms with Crippen LogP contribution in [-0.4, -0.2) is 120 Å². The maximum absolute atomic E-state index is 14.3. The number of piperidine rings is 3. The highest BCUT2D eigenvalue weighted by Crippen LogP contribution is 2.41. The summed E-state index contributed by atoms with van der Waals surface area (Å²) in [6.45, 7) is 31.6. The smallest absolute Gasteiger partial charge is 0.329 e. The number of carbonyl (C=O) groups is 6. The first kappa shape index (κ1) is 57.4. The van der Waals surface area contributed by atoms with Gasteiger partial charge in [0.1, 0.15) is 36.4 Å². The number of ether oxygens (including phenoxy) is 3. The van der Waals surface area contributed by atoms with Gasteiger partial charge >= 0.3 is 17.9 Å². The number of benzene rings is 1. The van der Waals surface area contributed by atoms with Crippen molar-refractivity contribution in [3.63, 3.8) is 0 Å². The van der Waals surface area contributed by atoms with E-state index in [1.807, 2.05) is 0 Å². The summed E-state index contributed by atoms with van der Waals surface area (Å²) in [7, 11) is 0. The molecule has 1 aromatic rings. The van der Waals surface area contributed by atoms with E-state index in [1.54, 1.807) is 125 Å². The molecule has 0 aromatic heterocycles. The number of esters is 3. The van der Waals surface area contributed by atoms with Gasteiger partial charge in [-0.05, 0) is 119 Å². The second kappa shape index (κ2) is 20.9. The first-order valence-electron chi connectivity index (χ1n) is 24.4. The Bertz CT molecular complexity index is 1780. The van der Waals surface area contributed by atoms with Gasteiger partial charge in [0.25, 0.3) is 17.7 Å². The molecule has 3 heterocycles. The van der Waals surface area contributed by atoms with Crippen LogP contribution in [0.4, 0.5) is 0 Å². The van der Waals surface area contributed by atoms with Crippen LogP contribution in [-0.2, 0) is 44.2 Å². The van der Waals surface area contributed by atoms with Gasteiger partial charge in [0.05, 0.1) is 0 Å². The van der Waals surface area contributed by atoms with Crippen molar-refractivity contribution < 1.29 is 58.6 Å². The zero-order valence-corrected chi connectivity index (χ0v) is 44.4. The quantitative estimate of drug-likeness (QED) is 0.123. The average Bonchev–Trinajstić information content (AvgIpc) is 3.19. The van der Waals surface area contributed by atoms with E-state index in [-0.39, 0.29) is 55.2 Å². The van der Waals surface area contributed by atoms with Crippen molar-refractivity contribution in [2.45, 2.75) is 233 Å². The fraction of sp³-hybridized carbons (Fsp3) is 0.765. The van der Waals surface area contributed by atoms with Crippen LogP contribution < -0.4 is 16.0 Å². The fourth-order valence-corrected chi connectivity index (χ4v) is 10.7. The number of amides is 3. The van der Waals surface area contributed by atoms with Gasteiger partial charge in [-0.25, -0.2) is 14.4 Å². The van der Waals surface area contributed by atoms with Crippen molar-refractivity contribution >= 4 is 35.6 Å².